The molecule has 0 spiro atoms. The number of halogens is 4. The van der Waals surface area contributed by atoms with Crippen LogP contribution in [0.2, 0.25) is 0 Å². The summed E-state index contributed by atoms with van der Waals surface area (Å²) in [6.07, 6.45) is 0. The number of benzene rings is 2. The van der Waals surface area contributed by atoms with Gasteiger partial charge in [0.1, 0.15) is 23.0 Å². The Bertz CT molecular complexity index is 650. The predicted octanol–water partition coefficient (Wildman–Crippen LogP) is 4.36. The van der Waals surface area contributed by atoms with Crippen LogP contribution in [0.25, 0.3) is 0 Å². The van der Waals surface area contributed by atoms with Crippen molar-refractivity contribution in [2.75, 3.05) is 0 Å². The SMILES string of the molecule is C[C@H](NC(=O)c1c(F)cc(F)cc1F)c1ccc(Br)cc1. The lowest BCUT2D eigenvalue weighted by Gasteiger charge is -2.15. The van der Waals surface area contributed by atoms with Crippen LogP contribution in [0.15, 0.2) is 40.9 Å². The molecule has 0 aliphatic rings. The minimum atomic E-state index is -1.23. The van der Waals surface area contributed by atoms with E-state index < -0.39 is 35.0 Å². The van der Waals surface area contributed by atoms with E-state index in [0.29, 0.717) is 12.1 Å². The lowest BCUT2D eigenvalue weighted by molar-refractivity contribution is 0.0931. The topological polar surface area (TPSA) is 29.1 Å². The molecule has 1 N–H and O–H groups in total. The van der Waals surface area contributed by atoms with Gasteiger partial charge in [-0.3, -0.25) is 4.79 Å². The highest BCUT2D eigenvalue weighted by atomic mass is 79.9. The maximum Gasteiger partial charge on any atom is 0.257 e. The zero-order chi connectivity index (χ0) is 15.6. The molecule has 2 aromatic rings. The summed E-state index contributed by atoms with van der Waals surface area (Å²) in [4.78, 5) is 11.9. The minimum Gasteiger partial charge on any atom is -0.345 e. The van der Waals surface area contributed by atoms with E-state index in [-0.39, 0.29) is 0 Å². The Labute approximate surface area is 128 Å². The highest BCUT2D eigenvalue weighted by Gasteiger charge is 2.20. The third-order valence-corrected chi connectivity index (χ3v) is 3.48. The lowest BCUT2D eigenvalue weighted by atomic mass is 10.1. The van der Waals surface area contributed by atoms with Crippen molar-refractivity contribution in [1.29, 1.82) is 0 Å². The maximum atomic E-state index is 13.5. The molecule has 0 fully saturated rings. The van der Waals surface area contributed by atoms with Gasteiger partial charge >= 0.3 is 0 Å². The van der Waals surface area contributed by atoms with Crippen molar-refractivity contribution in [3.63, 3.8) is 0 Å². The summed E-state index contributed by atoms with van der Waals surface area (Å²) < 4.78 is 40.7. The molecule has 0 unspecified atom stereocenters. The summed E-state index contributed by atoms with van der Waals surface area (Å²) in [7, 11) is 0. The van der Waals surface area contributed by atoms with Crippen molar-refractivity contribution in [2.45, 2.75) is 13.0 Å². The average molecular weight is 358 g/mol. The zero-order valence-corrected chi connectivity index (χ0v) is 12.5. The number of carbonyl (C=O) groups is 1. The first-order valence-corrected chi connectivity index (χ1v) is 6.88. The number of rotatable bonds is 3. The van der Waals surface area contributed by atoms with Gasteiger partial charge in [-0.05, 0) is 24.6 Å². The van der Waals surface area contributed by atoms with Gasteiger partial charge in [-0.1, -0.05) is 28.1 Å². The summed E-state index contributed by atoms with van der Waals surface area (Å²) in [6, 6.07) is 7.62. The number of nitrogens with one attached hydrogen (secondary N) is 1. The Hall–Kier alpha value is -1.82. The van der Waals surface area contributed by atoms with Gasteiger partial charge < -0.3 is 5.32 Å². The van der Waals surface area contributed by atoms with Gasteiger partial charge in [0, 0.05) is 16.6 Å². The van der Waals surface area contributed by atoms with Crippen LogP contribution < -0.4 is 5.32 Å². The van der Waals surface area contributed by atoms with Crippen LogP contribution >= 0.6 is 15.9 Å². The van der Waals surface area contributed by atoms with E-state index in [2.05, 4.69) is 21.2 Å². The predicted molar refractivity (Wildman–Crippen MR) is 76.3 cm³/mol. The van der Waals surface area contributed by atoms with Crippen LogP contribution in [-0.2, 0) is 0 Å². The molecule has 2 aromatic carbocycles. The van der Waals surface area contributed by atoms with Crippen LogP contribution in [0.3, 0.4) is 0 Å². The Morgan fingerprint density at radius 3 is 2.14 bits per heavy atom. The fraction of sp³-hybridized carbons (Fsp3) is 0.133. The Balaban J connectivity index is 2.20. The minimum absolute atomic E-state index is 0.450. The van der Waals surface area contributed by atoms with Crippen LogP contribution in [0.4, 0.5) is 13.2 Å². The monoisotopic (exact) mass is 357 g/mol. The van der Waals surface area contributed by atoms with Gasteiger partial charge in [-0.15, -0.1) is 0 Å². The highest BCUT2D eigenvalue weighted by molar-refractivity contribution is 9.10. The quantitative estimate of drug-likeness (QED) is 0.868. The molecular formula is C15H11BrF3NO. The van der Waals surface area contributed by atoms with Crippen molar-refractivity contribution >= 4 is 21.8 Å². The Kier molecular flexibility index (Phi) is 4.67. The second kappa shape index (κ2) is 6.30. The number of amides is 1. The van der Waals surface area contributed by atoms with Crippen molar-refractivity contribution in [3.8, 4) is 0 Å². The summed E-state index contributed by atoms with van der Waals surface area (Å²) in [6.45, 7) is 1.68. The fourth-order valence-electron chi connectivity index (χ4n) is 1.86. The summed E-state index contributed by atoms with van der Waals surface area (Å²) >= 11 is 3.29. The normalized spacial score (nSPS) is 12.0. The smallest absolute Gasteiger partial charge is 0.257 e. The molecule has 0 aliphatic carbocycles. The molecule has 0 saturated heterocycles. The van der Waals surface area contributed by atoms with Crippen LogP contribution in [0.5, 0.6) is 0 Å². The fourth-order valence-corrected chi connectivity index (χ4v) is 2.13. The molecule has 2 nitrogen and oxygen atoms in total. The number of hydrogen-bond acceptors (Lipinski definition) is 1. The molecule has 0 bridgehead atoms. The van der Waals surface area contributed by atoms with E-state index in [1.165, 1.54) is 0 Å². The summed E-state index contributed by atoms with van der Waals surface area (Å²) in [5.41, 5.74) is -0.0187. The average Bonchev–Trinajstić information content (AvgIpc) is 2.37. The van der Waals surface area contributed by atoms with Gasteiger partial charge in [0.25, 0.3) is 5.91 Å². The molecule has 2 rings (SSSR count). The molecule has 0 aliphatic heterocycles. The van der Waals surface area contributed by atoms with Crippen molar-refractivity contribution in [1.82, 2.24) is 5.32 Å². The lowest BCUT2D eigenvalue weighted by Crippen LogP contribution is -2.28. The third-order valence-electron chi connectivity index (χ3n) is 2.95. The van der Waals surface area contributed by atoms with Crippen molar-refractivity contribution in [3.05, 3.63) is 69.4 Å². The van der Waals surface area contributed by atoms with Gasteiger partial charge in [0.2, 0.25) is 0 Å². The van der Waals surface area contributed by atoms with E-state index in [9.17, 15) is 18.0 Å². The molecule has 0 aromatic heterocycles. The van der Waals surface area contributed by atoms with E-state index in [1.54, 1.807) is 31.2 Å². The molecule has 1 amide bonds. The van der Waals surface area contributed by atoms with Gasteiger partial charge in [-0.2, -0.15) is 0 Å². The van der Waals surface area contributed by atoms with E-state index in [4.69, 9.17) is 0 Å². The second-order valence-corrected chi connectivity index (χ2v) is 5.41. The molecule has 0 radical (unpaired) electrons. The number of carbonyl (C=O) groups excluding carboxylic acids is 1. The van der Waals surface area contributed by atoms with Gasteiger partial charge in [0.05, 0.1) is 6.04 Å². The molecular weight excluding hydrogens is 347 g/mol. The van der Waals surface area contributed by atoms with Crippen molar-refractivity contribution in [2.24, 2.45) is 0 Å². The van der Waals surface area contributed by atoms with E-state index in [1.807, 2.05) is 0 Å². The summed E-state index contributed by atoms with van der Waals surface area (Å²) in [5, 5.41) is 2.48. The van der Waals surface area contributed by atoms with Crippen molar-refractivity contribution < 1.29 is 18.0 Å². The maximum absolute atomic E-state index is 13.5. The molecule has 6 heteroatoms. The number of hydrogen-bond donors (Lipinski definition) is 1. The molecule has 1 atom stereocenters. The van der Waals surface area contributed by atoms with Crippen LogP contribution in [-0.4, -0.2) is 5.91 Å². The van der Waals surface area contributed by atoms with Crippen LogP contribution in [0, 0.1) is 17.5 Å². The first kappa shape index (κ1) is 15.6. The Morgan fingerprint density at radius 2 is 1.62 bits per heavy atom. The van der Waals surface area contributed by atoms with Crippen LogP contribution in [0.1, 0.15) is 28.9 Å². The van der Waals surface area contributed by atoms with E-state index in [0.717, 1.165) is 10.0 Å². The molecule has 110 valence electrons. The van der Waals surface area contributed by atoms with Gasteiger partial charge in [0.15, 0.2) is 0 Å². The van der Waals surface area contributed by atoms with Gasteiger partial charge in [-0.25, -0.2) is 13.2 Å². The third kappa shape index (κ3) is 3.64. The standard InChI is InChI=1S/C15H11BrF3NO/c1-8(9-2-4-10(16)5-3-9)20-15(21)14-12(18)6-11(17)7-13(14)19/h2-8H,1H3,(H,20,21)/t8-/m0/s1. The Morgan fingerprint density at radius 1 is 1.10 bits per heavy atom. The largest absolute Gasteiger partial charge is 0.345 e. The molecule has 0 saturated carbocycles. The molecule has 21 heavy (non-hydrogen) atoms. The first-order valence-electron chi connectivity index (χ1n) is 6.09. The second-order valence-electron chi connectivity index (χ2n) is 4.49. The molecule has 0 heterocycles. The van der Waals surface area contributed by atoms with E-state index >= 15 is 0 Å². The zero-order valence-electron chi connectivity index (χ0n) is 11.0. The summed E-state index contributed by atoms with van der Waals surface area (Å²) in [5.74, 6) is -4.45. The highest BCUT2D eigenvalue weighted by Crippen LogP contribution is 2.19. The first-order chi connectivity index (χ1) is 9.88.